The van der Waals surface area contributed by atoms with E-state index in [0.29, 0.717) is 19.4 Å². The van der Waals surface area contributed by atoms with Crippen LogP contribution in [0.4, 0.5) is 0 Å². The van der Waals surface area contributed by atoms with Crippen molar-refractivity contribution in [3.63, 3.8) is 0 Å². The topological polar surface area (TPSA) is 75.7 Å². The maximum Gasteiger partial charge on any atom is 0.332 e. The van der Waals surface area contributed by atoms with Crippen LogP contribution in [0.1, 0.15) is 51.9 Å². The lowest BCUT2D eigenvalue weighted by Crippen LogP contribution is -2.50. The predicted octanol–water partition coefficient (Wildman–Crippen LogP) is 2.04. The van der Waals surface area contributed by atoms with Crippen molar-refractivity contribution in [2.24, 2.45) is 17.8 Å². The van der Waals surface area contributed by atoms with Crippen LogP contribution in [-0.4, -0.2) is 48.4 Å². The van der Waals surface area contributed by atoms with Gasteiger partial charge in [-0.25, -0.2) is 4.79 Å². The zero-order valence-corrected chi connectivity index (χ0v) is 15.8. The Labute approximate surface area is 155 Å². The molecular formula is C20H30N2O4. The number of nitrogens with one attached hydrogen (secondary N) is 1. The molecule has 3 aliphatic rings. The van der Waals surface area contributed by atoms with Crippen molar-refractivity contribution in [1.29, 1.82) is 0 Å². The van der Waals surface area contributed by atoms with Crippen LogP contribution in [0.2, 0.25) is 0 Å². The molecule has 0 aromatic rings. The third-order valence-electron chi connectivity index (χ3n) is 6.03. The van der Waals surface area contributed by atoms with Gasteiger partial charge in [0.15, 0.2) is 0 Å². The Bertz CT molecular complexity index is 603. The summed E-state index contributed by atoms with van der Waals surface area (Å²) in [5.41, 5.74) is -0.935. The number of hydrogen-bond donors (Lipinski definition) is 1. The van der Waals surface area contributed by atoms with Crippen molar-refractivity contribution in [1.82, 2.24) is 10.2 Å². The first-order chi connectivity index (χ1) is 12.5. The van der Waals surface area contributed by atoms with Gasteiger partial charge >= 0.3 is 5.97 Å². The number of amides is 2. The van der Waals surface area contributed by atoms with Gasteiger partial charge in [0.25, 0.3) is 0 Å². The fourth-order valence-corrected chi connectivity index (χ4v) is 4.36. The number of fused-ring (bicyclic) bond motifs is 2. The van der Waals surface area contributed by atoms with Gasteiger partial charge < -0.3 is 15.0 Å². The smallest absolute Gasteiger partial charge is 0.332 e. The van der Waals surface area contributed by atoms with E-state index in [1.54, 1.807) is 11.8 Å². The Hall–Kier alpha value is -1.85. The highest BCUT2D eigenvalue weighted by molar-refractivity contribution is 5.94. The van der Waals surface area contributed by atoms with E-state index in [-0.39, 0.29) is 35.5 Å². The van der Waals surface area contributed by atoms with E-state index in [1.165, 1.54) is 0 Å². The minimum absolute atomic E-state index is 0.00771. The molecule has 0 aromatic heterocycles. The summed E-state index contributed by atoms with van der Waals surface area (Å²) in [5.74, 6) is -1.08. The number of hydrogen-bond acceptors (Lipinski definition) is 4. The molecule has 3 rings (SSSR count). The van der Waals surface area contributed by atoms with Gasteiger partial charge in [-0.15, -0.1) is 0 Å². The van der Waals surface area contributed by atoms with Crippen LogP contribution in [0.3, 0.4) is 0 Å². The van der Waals surface area contributed by atoms with Crippen molar-refractivity contribution in [2.45, 2.75) is 57.4 Å². The molecule has 0 bridgehead atoms. The van der Waals surface area contributed by atoms with Gasteiger partial charge in [-0.3, -0.25) is 9.59 Å². The average Bonchev–Trinajstić information content (AvgIpc) is 3.09. The van der Waals surface area contributed by atoms with Crippen LogP contribution in [0, 0.1) is 17.8 Å². The van der Waals surface area contributed by atoms with Crippen molar-refractivity contribution < 1.29 is 19.1 Å². The van der Waals surface area contributed by atoms with Gasteiger partial charge in [0, 0.05) is 31.3 Å². The standard InChI is InChI=1S/C20H30N2O4/c1-3-26-19(25)20-13-14(20)9-6-4-5-7-12-22(2)18(24)16-11-8-10-15(16)17(23)21-20/h6,9,14-16H,3-5,7-8,10-13H2,1-2H3,(H,21,23)/b9-6-/t14-,15-,16-,20-/m1/s1. The van der Waals surface area contributed by atoms with E-state index < -0.39 is 5.54 Å². The van der Waals surface area contributed by atoms with Crippen LogP contribution < -0.4 is 5.32 Å². The summed E-state index contributed by atoms with van der Waals surface area (Å²) in [6.07, 6.45) is 9.91. The number of carbonyl (C=O) groups is 3. The van der Waals surface area contributed by atoms with Gasteiger partial charge in [0.1, 0.15) is 5.54 Å². The normalized spacial score (nSPS) is 36.4. The molecule has 0 aromatic carbocycles. The summed E-state index contributed by atoms with van der Waals surface area (Å²) in [6.45, 7) is 2.80. The zero-order valence-electron chi connectivity index (χ0n) is 15.8. The highest BCUT2D eigenvalue weighted by Crippen LogP contribution is 2.47. The zero-order chi connectivity index (χ0) is 18.7. The lowest BCUT2D eigenvalue weighted by molar-refractivity contribution is -0.150. The molecule has 6 nitrogen and oxygen atoms in total. The fourth-order valence-electron chi connectivity index (χ4n) is 4.36. The van der Waals surface area contributed by atoms with Crippen LogP contribution in [0.15, 0.2) is 12.2 Å². The second kappa shape index (κ2) is 7.80. The largest absolute Gasteiger partial charge is 0.464 e. The SMILES string of the molecule is CCOC(=O)[C@@]12C[C@H]1/C=C\CCCCN(C)C(=O)[C@@H]1CCC[C@H]1C(=O)N2. The summed E-state index contributed by atoms with van der Waals surface area (Å²) >= 11 is 0. The molecule has 1 aliphatic heterocycles. The van der Waals surface area contributed by atoms with E-state index in [2.05, 4.69) is 11.4 Å². The molecule has 4 atom stereocenters. The van der Waals surface area contributed by atoms with Crippen LogP contribution >= 0.6 is 0 Å². The first-order valence-electron chi connectivity index (χ1n) is 9.90. The molecule has 2 saturated carbocycles. The summed E-state index contributed by atoms with van der Waals surface area (Å²) in [7, 11) is 1.83. The number of esters is 1. The number of carbonyl (C=O) groups excluding carboxylic acids is 3. The number of ether oxygens (including phenoxy) is 1. The molecule has 0 unspecified atom stereocenters. The lowest BCUT2D eigenvalue weighted by atomic mass is 9.93. The van der Waals surface area contributed by atoms with E-state index in [4.69, 9.17) is 4.74 Å². The lowest BCUT2D eigenvalue weighted by Gasteiger charge is -2.26. The van der Waals surface area contributed by atoms with Crippen LogP contribution in [0.25, 0.3) is 0 Å². The van der Waals surface area contributed by atoms with E-state index in [1.807, 2.05) is 13.1 Å². The van der Waals surface area contributed by atoms with Gasteiger partial charge in [-0.2, -0.15) is 0 Å². The molecule has 26 heavy (non-hydrogen) atoms. The number of rotatable bonds is 2. The maximum atomic E-state index is 13.0. The van der Waals surface area contributed by atoms with Crippen LogP contribution in [0.5, 0.6) is 0 Å². The summed E-state index contributed by atoms with van der Waals surface area (Å²) in [6, 6.07) is 0. The molecule has 1 heterocycles. The van der Waals surface area contributed by atoms with E-state index in [0.717, 1.165) is 38.6 Å². The Morgan fingerprint density at radius 2 is 2.04 bits per heavy atom. The predicted molar refractivity (Wildman–Crippen MR) is 97.1 cm³/mol. The molecule has 0 saturated heterocycles. The van der Waals surface area contributed by atoms with E-state index in [9.17, 15) is 14.4 Å². The second-order valence-corrected chi connectivity index (χ2v) is 7.82. The third-order valence-corrected chi connectivity index (χ3v) is 6.03. The van der Waals surface area contributed by atoms with Gasteiger partial charge in [-0.05, 0) is 45.4 Å². The Kier molecular flexibility index (Phi) is 5.68. The average molecular weight is 362 g/mol. The highest BCUT2D eigenvalue weighted by Gasteiger charge is 2.62. The Balaban J connectivity index is 1.83. The second-order valence-electron chi connectivity index (χ2n) is 7.82. The van der Waals surface area contributed by atoms with Crippen molar-refractivity contribution in [3.05, 3.63) is 12.2 Å². The summed E-state index contributed by atoms with van der Waals surface area (Å²) in [5, 5.41) is 2.98. The molecule has 144 valence electrons. The first kappa shape index (κ1) is 18.9. The van der Waals surface area contributed by atoms with E-state index >= 15 is 0 Å². The first-order valence-corrected chi connectivity index (χ1v) is 9.90. The molecule has 2 amide bonds. The Morgan fingerprint density at radius 1 is 1.27 bits per heavy atom. The molecule has 0 radical (unpaired) electrons. The molecule has 0 spiro atoms. The molecule has 2 fully saturated rings. The maximum absolute atomic E-state index is 13.0. The number of nitrogens with zero attached hydrogens (tertiary/aromatic N) is 1. The van der Waals surface area contributed by atoms with Gasteiger partial charge in [0.2, 0.25) is 11.8 Å². The fraction of sp³-hybridized carbons (Fsp3) is 0.750. The summed E-state index contributed by atoms with van der Waals surface area (Å²) in [4.78, 5) is 40.0. The molecule has 1 N–H and O–H groups in total. The van der Waals surface area contributed by atoms with Crippen molar-refractivity contribution >= 4 is 17.8 Å². The monoisotopic (exact) mass is 362 g/mol. The minimum Gasteiger partial charge on any atom is -0.464 e. The summed E-state index contributed by atoms with van der Waals surface area (Å²) < 4.78 is 5.23. The van der Waals surface area contributed by atoms with Gasteiger partial charge in [-0.1, -0.05) is 18.6 Å². The van der Waals surface area contributed by atoms with Crippen LogP contribution in [-0.2, 0) is 19.1 Å². The van der Waals surface area contributed by atoms with Crippen molar-refractivity contribution in [3.8, 4) is 0 Å². The number of allylic oxidation sites excluding steroid dienone is 1. The van der Waals surface area contributed by atoms with Gasteiger partial charge in [0.05, 0.1) is 6.61 Å². The Morgan fingerprint density at radius 3 is 2.81 bits per heavy atom. The molecule has 6 heteroatoms. The quantitative estimate of drug-likeness (QED) is 0.602. The van der Waals surface area contributed by atoms with Crippen molar-refractivity contribution in [2.75, 3.05) is 20.2 Å². The minimum atomic E-state index is -0.935. The third kappa shape index (κ3) is 3.64. The highest BCUT2D eigenvalue weighted by atomic mass is 16.5. The molecule has 2 aliphatic carbocycles. The molecular weight excluding hydrogens is 332 g/mol.